The van der Waals surface area contributed by atoms with Gasteiger partial charge in [0.2, 0.25) is 11.8 Å². The number of aromatic nitrogens is 1. The molecule has 1 aromatic heterocycles. The molecule has 0 atom stereocenters. The standard InChI is InChI=1S/C24H25N3O2S/c1-16-5-10-21(17(2)12-16)24-26-19(15-30-24)13-22(28)25-14-18-6-8-20(9-7-18)27-11-3-4-23(27)29/h5-10,12,15H,3-4,11,13-14H2,1-2H3,(H,25,28). The molecule has 30 heavy (non-hydrogen) atoms. The molecule has 0 saturated carbocycles. The number of anilines is 1. The van der Waals surface area contributed by atoms with Crippen molar-refractivity contribution in [2.75, 3.05) is 11.4 Å². The van der Waals surface area contributed by atoms with E-state index in [2.05, 4.69) is 42.3 Å². The maximum atomic E-state index is 12.4. The summed E-state index contributed by atoms with van der Waals surface area (Å²) in [6, 6.07) is 14.1. The molecule has 1 saturated heterocycles. The van der Waals surface area contributed by atoms with Gasteiger partial charge in [-0.3, -0.25) is 9.59 Å². The maximum Gasteiger partial charge on any atom is 0.227 e. The average molecular weight is 420 g/mol. The number of aryl methyl sites for hydroxylation is 2. The van der Waals surface area contributed by atoms with Gasteiger partial charge in [-0.05, 0) is 43.5 Å². The van der Waals surface area contributed by atoms with Crippen molar-refractivity contribution in [2.24, 2.45) is 0 Å². The van der Waals surface area contributed by atoms with Crippen molar-refractivity contribution in [1.82, 2.24) is 10.3 Å². The molecule has 5 nitrogen and oxygen atoms in total. The van der Waals surface area contributed by atoms with E-state index in [1.807, 2.05) is 34.5 Å². The first kappa shape index (κ1) is 20.3. The van der Waals surface area contributed by atoms with Gasteiger partial charge in [-0.15, -0.1) is 11.3 Å². The van der Waals surface area contributed by atoms with Crippen LogP contribution in [0.15, 0.2) is 47.8 Å². The van der Waals surface area contributed by atoms with E-state index in [1.165, 1.54) is 11.1 Å². The monoisotopic (exact) mass is 419 g/mol. The molecule has 1 aliphatic rings. The van der Waals surface area contributed by atoms with Crippen LogP contribution in [0.5, 0.6) is 0 Å². The third kappa shape index (κ3) is 4.60. The van der Waals surface area contributed by atoms with E-state index < -0.39 is 0 Å². The molecular formula is C24H25N3O2S. The first-order valence-corrected chi connectivity index (χ1v) is 11.1. The van der Waals surface area contributed by atoms with Crippen LogP contribution in [0.1, 0.15) is 35.2 Å². The van der Waals surface area contributed by atoms with E-state index in [0.29, 0.717) is 13.0 Å². The summed E-state index contributed by atoms with van der Waals surface area (Å²) < 4.78 is 0. The van der Waals surface area contributed by atoms with E-state index in [0.717, 1.165) is 40.5 Å². The topological polar surface area (TPSA) is 62.3 Å². The van der Waals surface area contributed by atoms with Gasteiger partial charge in [-0.2, -0.15) is 0 Å². The normalized spacial score (nSPS) is 13.7. The molecule has 0 unspecified atom stereocenters. The van der Waals surface area contributed by atoms with E-state index in [1.54, 1.807) is 11.3 Å². The number of hydrogen-bond donors (Lipinski definition) is 1. The molecule has 0 spiro atoms. The summed E-state index contributed by atoms with van der Waals surface area (Å²) in [5.41, 5.74) is 6.26. The highest BCUT2D eigenvalue weighted by molar-refractivity contribution is 7.13. The molecule has 0 bridgehead atoms. The minimum absolute atomic E-state index is 0.0497. The number of thiazole rings is 1. The summed E-state index contributed by atoms with van der Waals surface area (Å²) in [7, 11) is 0. The Balaban J connectivity index is 1.32. The Morgan fingerprint density at radius 1 is 1.17 bits per heavy atom. The fraction of sp³-hybridized carbons (Fsp3) is 0.292. The van der Waals surface area contributed by atoms with Crippen molar-refractivity contribution in [1.29, 1.82) is 0 Å². The molecular weight excluding hydrogens is 394 g/mol. The molecule has 2 aromatic carbocycles. The van der Waals surface area contributed by atoms with Gasteiger partial charge < -0.3 is 10.2 Å². The molecule has 2 heterocycles. The third-order valence-corrected chi connectivity index (χ3v) is 6.24. The Morgan fingerprint density at radius 3 is 2.67 bits per heavy atom. The number of nitrogens with zero attached hydrogens (tertiary/aromatic N) is 2. The fourth-order valence-corrected chi connectivity index (χ4v) is 4.62. The molecule has 0 radical (unpaired) electrons. The molecule has 154 valence electrons. The number of nitrogens with one attached hydrogen (secondary N) is 1. The van der Waals surface area contributed by atoms with Crippen LogP contribution in [-0.4, -0.2) is 23.3 Å². The number of carbonyl (C=O) groups is 2. The predicted molar refractivity (Wildman–Crippen MR) is 121 cm³/mol. The first-order chi connectivity index (χ1) is 14.5. The smallest absolute Gasteiger partial charge is 0.227 e. The maximum absolute atomic E-state index is 12.4. The van der Waals surface area contributed by atoms with Crippen LogP contribution in [0, 0.1) is 13.8 Å². The van der Waals surface area contributed by atoms with E-state index in [4.69, 9.17) is 0 Å². The quantitative estimate of drug-likeness (QED) is 0.644. The molecule has 0 aliphatic carbocycles. The van der Waals surface area contributed by atoms with Crippen LogP contribution in [0.2, 0.25) is 0 Å². The second kappa shape index (κ2) is 8.79. The van der Waals surface area contributed by atoms with E-state index >= 15 is 0 Å². The van der Waals surface area contributed by atoms with Crippen molar-refractivity contribution in [3.05, 3.63) is 70.2 Å². The lowest BCUT2D eigenvalue weighted by Gasteiger charge is -2.16. The summed E-state index contributed by atoms with van der Waals surface area (Å²) in [6.45, 7) is 5.41. The molecule has 3 aromatic rings. The van der Waals surface area contributed by atoms with Crippen molar-refractivity contribution in [2.45, 2.75) is 39.7 Å². The Hall–Kier alpha value is -2.99. The molecule has 1 N–H and O–H groups in total. The van der Waals surface area contributed by atoms with E-state index in [-0.39, 0.29) is 18.2 Å². The zero-order chi connectivity index (χ0) is 21.1. The van der Waals surface area contributed by atoms with Gasteiger partial charge in [0.05, 0.1) is 12.1 Å². The Kier molecular flexibility index (Phi) is 5.95. The van der Waals surface area contributed by atoms with Crippen LogP contribution < -0.4 is 10.2 Å². The lowest BCUT2D eigenvalue weighted by atomic mass is 10.1. The molecule has 6 heteroatoms. The van der Waals surface area contributed by atoms with Crippen LogP contribution in [-0.2, 0) is 22.6 Å². The summed E-state index contributed by atoms with van der Waals surface area (Å²) in [6.07, 6.45) is 1.81. The van der Waals surface area contributed by atoms with E-state index in [9.17, 15) is 9.59 Å². The van der Waals surface area contributed by atoms with Gasteiger partial charge in [0.1, 0.15) is 5.01 Å². The molecule has 4 rings (SSSR count). The number of rotatable bonds is 6. The minimum Gasteiger partial charge on any atom is -0.352 e. The fourth-order valence-electron chi connectivity index (χ4n) is 3.71. The summed E-state index contributed by atoms with van der Waals surface area (Å²) in [4.78, 5) is 30.7. The summed E-state index contributed by atoms with van der Waals surface area (Å²) in [5.74, 6) is 0.130. The Labute approximate surface area is 180 Å². The largest absolute Gasteiger partial charge is 0.352 e. The van der Waals surface area contributed by atoms with Crippen molar-refractivity contribution in [3.8, 4) is 10.6 Å². The SMILES string of the molecule is Cc1ccc(-c2nc(CC(=O)NCc3ccc(N4CCCC4=O)cc3)cs2)c(C)c1. The first-order valence-electron chi connectivity index (χ1n) is 10.2. The highest BCUT2D eigenvalue weighted by Gasteiger charge is 2.21. The summed E-state index contributed by atoms with van der Waals surface area (Å²) >= 11 is 1.57. The summed E-state index contributed by atoms with van der Waals surface area (Å²) in [5, 5.41) is 5.86. The van der Waals surface area contributed by atoms with Crippen LogP contribution in [0.25, 0.3) is 10.6 Å². The van der Waals surface area contributed by atoms with Gasteiger partial charge in [0.15, 0.2) is 0 Å². The number of amides is 2. The minimum atomic E-state index is -0.0497. The van der Waals surface area contributed by atoms with Gasteiger partial charge in [0.25, 0.3) is 0 Å². The van der Waals surface area contributed by atoms with Crippen LogP contribution >= 0.6 is 11.3 Å². The van der Waals surface area contributed by atoms with Gasteiger partial charge in [-0.25, -0.2) is 4.98 Å². The third-order valence-electron chi connectivity index (χ3n) is 5.32. The highest BCUT2D eigenvalue weighted by Crippen LogP contribution is 2.27. The Morgan fingerprint density at radius 2 is 1.97 bits per heavy atom. The van der Waals surface area contributed by atoms with Crippen molar-refractivity contribution < 1.29 is 9.59 Å². The van der Waals surface area contributed by atoms with Crippen molar-refractivity contribution >= 4 is 28.8 Å². The van der Waals surface area contributed by atoms with Gasteiger partial charge in [-0.1, -0.05) is 35.9 Å². The average Bonchev–Trinajstić information content (AvgIpc) is 3.36. The zero-order valence-electron chi connectivity index (χ0n) is 17.3. The number of carbonyl (C=O) groups excluding carboxylic acids is 2. The second-order valence-electron chi connectivity index (χ2n) is 7.73. The second-order valence-corrected chi connectivity index (χ2v) is 8.59. The van der Waals surface area contributed by atoms with Crippen LogP contribution in [0.4, 0.5) is 5.69 Å². The molecule has 2 amide bonds. The van der Waals surface area contributed by atoms with Crippen molar-refractivity contribution in [3.63, 3.8) is 0 Å². The number of hydrogen-bond acceptors (Lipinski definition) is 4. The lowest BCUT2D eigenvalue weighted by Crippen LogP contribution is -2.25. The van der Waals surface area contributed by atoms with Gasteiger partial charge in [0, 0.05) is 36.1 Å². The molecule has 1 fully saturated rings. The lowest BCUT2D eigenvalue weighted by molar-refractivity contribution is -0.120. The Bertz CT molecular complexity index is 1070. The highest BCUT2D eigenvalue weighted by atomic mass is 32.1. The number of benzene rings is 2. The predicted octanol–water partition coefficient (Wildman–Crippen LogP) is 4.41. The van der Waals surface area contributed by atoms with Gasteiger partial charge >= 0.3 is 0 Å². The van der Waals surface area contributed by atoms with Crippen LogP contribution in [0.3, 0.4) is 0 Å². The zero-order valence-corrected chi connectivity index (χ0v) is 18.1. The molecule has 1 aliphatic heterocycles.